The van der Waals surface area contributed by atoms with Gasteiger partial charge in [0, 0.05) is 17.6 Å². The van der Waals surface area contributed by atoms with Crippen LogP contribution >= 0.6 is 0 Å². The Balaban J connectivity index is 1.19. The molecule has 0 N–H and O–H groups in total. The average Bonchev–Trinajstić information content (AvgIpc) is 3.21. The number of aromatic nitrogens is 1. The zero-order valence-electron chi connectivity index (χ0n) is 28.0. The quantitative estimate of drug-likeness (QED) is 0.160. The fraction of sp³-hybridized carbons (Fsp3) is 0. The molecule has 0 radical (unpaired) electrons. The largest absolute Gasteiger partial charge is 0.295 e. The van der Waals surface area contributed by atoms with Crippen LogP contribution in [0.4, 0.5) is 17.2 Å². The van der Waals surface area contributed by atoms with Crippen LogP contribution in [0.25, 0.3) is 66.1 Å². The van der Waals surface area contributed by atoms with Crippen LogP contribution in [0.3, 0.4) is 0 Å². The van der Waals surface area contributed by atoms with Gasteiger partial charge in [0.1, 0.15) is 5.82 Å². The van der Waals surface area contributed by atoms with E-state index >= 15 is 0 Å². The van der Waals surface area contributed by atoms with Crippen LogP contribution in [0, 0.1) is 0 Å². The van der Waals surface area contributed by atoms with Crippen molar-refractivity contribution in [3.05, 3.63) is 206 Å². The van der Waals surface area contributed by atoms with E-state index in [1.165, 1.54) is 60.5 Å². The first kappa shape index (κ1) is 30.3. The lowest BCUT2D eigenvalue weighted by Gasteiger charge is -2.25. The highest BCUT2D eigenvalue weighted by molar-refractivity contribution is 6.21. The molecule has 0 saturated carbocycles. The first-order valence-corrected chi connectivity index (χ1v) is 17.4. The molecule has 0 unspecified atom stereocenters. The molecule has 9 rings (SSSR count). The molecule has 9 aromatic rings. The Morgan fingerprint density at radius 3 is 1.33 bits per heavy atom. The van der Waals surface area contributed by atoms with Crippen molar-refractivity contribution in [3.63, 3.8) is 0 Å². The molecule has 2 heteroatoms. The number of pyridine rings is 1. The molecule has 0 aliphatic heterocycles. The second-order valence-electron chi connectivity index (χ2n) is 12.8. The fourth-order valence-electron chi connectivity index (χ4n) is 7.37. The van der Waals surface area contributed by atoms with Gasteiger partial charge >= 0.3 is 0 Å². The Labute approximate surface area is 298 Å². The maximum atomic E-state index is 4.79. The van der Waals surface area contributed by atoms with Crippen LogP contribution < -0.4 is 4.90 Å². The van der Waals surface area contributed by atoms with Crippen molar-refractivity contribution in [1.82, 2.24) is 4.98 Å². The molecule has 0 amide bonds. The predicted molar refractivity (Wildman–Crippen MR) is 216 cm³/mol. The van der Waals surface area contributed by atoms with Crippen LogP contribution in [0.2, 0.25) is 0 Å². The van der Waals surface area contributed by atoms with Gasteiger partial charge in [0.25, 0.3) is 0 Å². The van der Waals surface area contributed by atoms with Crippen LogP contribution in [-0.4, -0.2) is 4.98 Å². The van der Waals surface area contributed by atoms with E-state index in [-0.39, 0.29) is 0 Å². The highest BCUT2D eigenvalue weighted by Gasteiger charge is 2.19. The van der Waals surface area contributed by atoms with Gasteiger partial charge in [-0.3, -0.25) is 4.90 Å². The summed E-state index contributed by atoms with van der Waals surface area (Å²) in [6.07, 6.45) is 1.85. The smallest absolute Gasteiger partial charge is 0.137 e. The minimum absolute atomic E-state index is 0.869. The summed E-state index contributed by atoms with van der Waals surface area (Å²) in [5.74, 6) is 0.869. The molecular formula is C49H34N2. The van der Waals surface area contributed by atoms with Crippen molar-refractivity contribution in [1.29, 1.82) is 0 Å². The summed E-state index contributed by atoms with van der Waals surface area (Å²) >= 11 is 0. The monoisotopic (exact) mass is 650 g/mol. The van der Waals surface area contributed by atoms with Gasteiger partial charge in [0.05, 0.1) is 0 Å². The number of nitrogens with zero attached hydrogens (tertiary/aromatic N) is 2. The number of hydrogen-bond donors (Lipinski definition) is 0. The standard InChI is InChI=1S/C49H34N2/c1-3-15-35(16-4-1)38-19-13-21-40(33-38)49-45-25-9-7-23-43(45)48(44-24-8-10-26-46(44)49)37-28-30-41(31-29-37)51(47-27-11-12-32-50-47)42-22-14-20-39(34-42)36-17-5-2-6-18-36/h1-34H. The maximum absolute atomic E-state index is 4.79. The molecular weight excluding hydrogens is 617 g/mol. The van der Waals surface area contributed by atoms with Crippen LogP contribution in [-0.2, 0) is 0 Å². The second-order valence-corrected chi connectivity index (χ2v) is 12.8. The molecule has 0 aliphatic carbocycles. The molecule has 0 aliphatic rings. The summed E-state index contributed by atoms with van der Waals surface area (Å²) < 4.78 is 0. The summed E-state index contributed by atoms with van der Waals surface area (Å²) in [5.41, 5.74) is 11.8. The highest BCUT2D eigenvalue weighted by atomic mass is 15.2. The number of hydrogen-bond acceptors (Lipinski definition) is 2. The van der Waals surface area contributed by atoms with Crippen molar-refractivity contribution >= 4 is 38.7 Å². The second kappa shape index (κ2) is 13.3. The van der Waals surface area contributed by atoms with Crippen LogP contribution in [0.5, 0.6) is 0 Å². The third-order valence-electron chi connectivity index (χ3n) is 9.69. The zero-order chi connectivity index (χ0) is 34.0. The molecule has 0 fully saturated rings. The molecule has 51 heavy (non-hydrogen) atoms. The normalized spacial score (nSPS) is 11.1. The molecule has 1 heterocycles. The van der Waals surface area contributed by atoms with Crippen molar-refractivity contribution in [2.24, 2.45) is 0 Å². The van der Waals surface area contributed by atoms with Gasteiger partial charge in [0.15, 0.2) is 0 Å². The van der Waals surface area contributed by atoms with E-state index in [2.05, 4.69) is 193 Å². The number of benzene rings is 8. The van der Waals surface area contributed by atoms with Crippen molar-refractivity contribution in [3.8, 4) is 44.5 Å². The molecule has 2 nitrogen and oxygen atoms in total. The van der Waals surface area contributed by atoms with Crippen molar-refractivity contribution in [2.45, 2.75) is 0 Å². The minimum Gasteiger partial charge on any atom is -0.295 e. The molecule has 1 aromatic heterocycles. The summed E-state index contributed by atoms with van der Waals surface area (Å²) in [7, 11) is 0. The lowest BCUT2D eigenvalue weighted by molar-refractivity contribution is 1.18. The number of anilines is 3. The summed E-state index contributed by atoms with van der Waals surface area (Å²) in [5, 5.41) is 4.96. The van der Waals surface area contributed by atoms with Crippen LogP contribution in [0.15, 0.2) is 206 Å². The number of fused-ring (bicyclic) bond motifs is 2. The van der Waals surface area contributed by atoms with E-state index < -0.39 is 0 Å². The van der Waals surface area contributed by atoms with Crippen molar-refractivity contribution < 1.29 is 0 Å². The first-order chi connectivity index (χ1) is 25.3. The average molecular weight is 651 g/mol. The van der Waals surface area contributed by atoms with Gasteiger partial charge in [-0.05, 0) is 109 Å². The maximum Gasteiger partial charge on any atom is 0.137 e. The van der Waals surface area contributed by atoms with Gasteiger partial charge in [-0.2, -0.15) is 0 Å². The Kier molecular flexibility index (Phi) is 7.88. The Hall–Kier alpha value is -6.77. The third-order valence-corrected chi connectivity index (χ3v) is 9.69. The van der Waals surface area contributed by atoms with E-state index in [0.29, 0.717) is 0 Å². The van der Waals surface area contributed by atoms with E-state index in [1.54, 1.807) is 0 Å². The molecule has 240 valence electrons. The van der Waals surface area contributed by atoms with Crippen LogP contribution in [0.1, 0.15) is 0 Å². The SMILES string of the molecule is c1ccc(-c2cccc(-c3c4ccccc4c(-c4ccc(N(c5cccc(-c6ccccc6)c5)c5ccccn5)cc4)c4ccccc34)c2)cc1. The summed E-state index contributed by atoms with van der Waals surface area (Å²) in [4.78, 5) is 7.02. The lowest BCUT2D eigenvalue weighted by Crippen LogP contribution is -2.11. The van der Waals surface area contributed by atoms with E-state index in [0.717, 1.165) is 22.8 Å². The Bertz CT molecular complexity index is 2560. The highest BCUT2D eigenvalue weighted by Crippen LogP contribution is 2.45. The van der Waals surface area contributed by atoms with Gasteiger partial charge in [-0.1, -0.05) is 158 Å². The topological polar surface area (TPSA) is 16.1 Å². The molecule has 8 aromatic carbocycles. The lowest BCUT2D eigenvalue weighted by atomic mass is 9.85. The Morgan fingerprint density at radius 2 is 0.765 bits per heavy atom. The Morgan fingerprint density at radius 1 is 0.294 bits per heavy atom. The van der Waals surface area contributed by atoms with Crippen molar-refractivity contribution in [2.75, 3.05) is 4.90 Å². The minimum atomic E-state index is 0.869. The molecule has 0 saturated heterocycles. The number of rotatable bonds is 7. The van der Waals surface area contributed by atoms with Gasteiger partial charge in [-0.25, -0.2) is 4.98 Å². The van der Waals surface area contributed by atoms with Gasteiger partial charge in [-0.15, -0.1) is 0 Å². The van der Waals surface area contributed by atoms with Gasteiger partial charge < -0.3 is 0 Å². The first-order valence-electron chi connectivity index (χ1n) is 17.4. The molecule has 0 bridgehead atoms. The fourth-order valence-corrected chi connectivity index (χ4v) is 7.37. The summed E-state index contributed by atoms with van der Waals surface area (Å²) in [6.45, 7) is 0. The van der Waals surface area contributed by atoms with E-state index in [9.17, 15) is 0 Å². The summed E-state index contributed by atoms with van der Waals surface area (Å²) in [6, 6.07) is 71.5. The zero-order valence-corrected chi connectivity index (χ0v) is 28.0. The van der Waals surface area contributed by atoms with E-state index in [4.69, 9.17) is 4.98 Å². The molecule has 0 spiro atoms. The van der Waals surface area contributed by atoms with Gasteiger partial charge in [0.2, 0.25) is 0 Å². The predicted octanol–water partition coefficient (Wildman–Crippen LogP) is 13.5. The third kappa shape index (κ3) is 5.73. The molecule has 0 atom stereocenters. The van der Waals surface area contributed by atoms with E-state index in [1.807, 2.05) is 18.3 Å².